The van der Waals surface area contributed by atoms with Crippen molar-refractivity contribution in [3.8, 4) is 0 Å². The number of nitrogens with two attached hydrogens (primary N) is 1. The normalized spacial score (nSPS) is 17.6. The van der Waals surface area contributed by atoms with Gasteiger partial charge in [-0.2, -0.15) is 0 Å². The molecular formula is C17H25N3O2. The largest absolute Gasteiger partial charge is 0.354 e. The van der Waals surface area contributed by atoms with E-state index in [1.807, 2.05) is 35.2 Å². The molecule has 1 unspecified atom stereocenters. The average molecular weight is 303 g/mol. The van der Waals surface area contributed by atoms with Gasteiger partial charge in [0.25, 0.3) is 0 Å². The standard InChI is InChI=1S/C17H25N3O2/c1-17(18,14-8-4-2-5-9-14)16(22)19-11-10-15(21)20-12-6-3-7-13-20/h2,4-5,8-9H,3,6-7,10-13,18H2,1H3,(H,19,22). The van der Waals surface area contributed by atoms with Crippen molar-refractivity contribution in [2.24, 2.45) is 5.73 Å². The molecule has 1 aliphatic heterocycles. The second kappa shape index (κ2) is 7.40. The highest BCUT2D eigenvalue weighted by Gasteiger charge is 2.30. The quantitative estimate of drug-likeness (QED) is 0.863. The van der Waals surface area contributed by atoms with Gasteiger partial charge in [-0.05, 0) is 31.7 Å². The van der Waals surface area contributed by atoms with Crippen LogP contribution in [0.4, 0.5) is 0 Å². The highest BCUT2D eigenvalue weighted by molar-refractivity contribution is 5.87. The Morgan fingerprint density at radius 2 is 1.82 bits per heavy atom. The lowest BCUT2D eigenvalue weighted by atomic mass is 9.92. The lowest BCUT2D eigenvalue weighted by Crippen LogP contribution is -2.49. The van der Waals surface area contributed by atoms with Crippen LogP contribution in [0.25, 0.3) is 0 Å². The van der Waals surface area contributed by atoms with Crippen molar-refractivity contribution in [2.75, 3.05) is 19.6 Å². The number of nitrogens with zero attached hydrogens (tertiary/aromatic N) is 1. The van der Waals surface area contributed by atoms with Gasteiger partial charge in [-0.1, -0.05) is 30.3 Å². The van der Waals surface area contributed by atoms with Gasteiger partial charge in [-0.15, -0.1) is 0 Å². The summed E-state index contributed by atoms with van der Waals surface area (Å²) in [6, 6.07) is 9.26. The number of benzene rings is 1. The van der Waals surface area contributed by atoms with Crippen molar-refractivity contribution in [3.05, 3.63) is 35.9 Å². The Kier molecular flexibility index (Phi) is 5.55. The number of carbonyl (C=O) groups is 2. The van der Waals surface area contributed by atoms with E-state index in [2.05, 4.69) is 5.32 Å². The molecule has 0 aliphatic carbocycles. The van der Waals surface area contributed by atoms with Crippen LogP contribution in [-0.4, -0.2) is 36.3 Å². The molecular weight excluding hydrogens is 278 g/mol. The van der Waals surface area contributed by atoms with Crippen molar-refractivity contribution in [3.63, 3.8) is 0 Å². The number of rotatable bonds is 5. The number of hydrogen-bond acceptors (Lipinski definition) is 3. The SMILES string of the molecule is CC(N)(C(=O)NCCC(=O)N1CCCCC1)c1ccccc1. The highest BCUT2D eigenvalue weighted by atomic mass is 16.2. The van der Waals surface area contributed by atoms with Crippen molar-refractivity contribution in [1.82, 2.24) is 10.2 Å². The van der Waals surface area contributed by atoms with Crippen molar-refractivity contribution < 1.29 is 9.59 Å². The van der Waals surface area contributed by atoms with Crippen molar-refractivity contribution >= 4 is 11.8 Å². The van der Waals surface area contributed by atoms with Gasteiger partial charge >= 0.3 is 0 Å². The van der Waals surface area contributed by atoms with Crippen LogP contribution in [0, 0.1) is 0 Å². The molecule has 0 aromatic heterocycles. The Balaban J connectivity index is 1.81. The first kappa shape index (κ1) is 16.5. The minimum Gasteiger partial charge on any atom is -0.354 e. The molecule has 0 saturated carbocycles. The maximum absolute atomic E-state index is 12.3. The Morgan fingerprint density at radius 3 is 2.45 bits per heavy atom. The summed E-state index contributed by atoms with van der Waals surface area (Å²) in [5, 5.41) is 2.78. The zero-order chi connectivity index (χ0) is 16.0. The van der Waals surface area contributed by atoms with Gasteiger partial charge in [0, 0.05) is 26.1 Å². The Morgan fingerprint density at radius 1 is 1.18 bits per heavy atom. The monoisotopic (exact) mass is 303 g/mol. The molecule has 22 heavy (non-hydrogen) atoms. The fraction of sp³-hybridized carbons (Fsp3) is 0.529. The topological polar surface area (TPSA) is 75.4 Å². The second-order valence-electron chi connectivity index (χ2n) is 6.02. The van der Waals surface area contributed by atoms with Gasteiger partial charge in [-0.25, -0.2) is 0 Å². The molecule has 0 bridgehead atoms. The maximum atomic E-state index is 12.3. The summed E-state index contributed by atoms with van der Waals surface area (Å²) in [7, 11) is 0. The fourth-order valence-corrected chi connectivity index (χ4v) is 2.68. The predicted molar refractivity (Wildman–Crippen MR) is 86.0 cm³/mol. The number of likely N-dealkylation sites (tertiary alicyclic amines) is 1. The smallest absolute Gasteiger partial charge is 0.244 e. The fourth-order valence-electron chi connectivity index (χ4n) is 2.68. The van der Waals surface area contributed by atoms with E-state index in [0.29, 0.717) is 13.0 Å². The first-order valence-corrected chi connectivity index (χ1v) is 7.92. The van der Waals surface area contributed by atoms with Crippen LogP contribution >= 0.6 is 0 Å². The second-order valence-corrected chi connectivity index (χ2v) is 6.02. The van der Waals surface area contributed by atoms with Crippen LogP contribution in [0.5, 0.6) is 0 Å². The summed E-state index contributed by atoms with van der Waals surface area (Å²) in [5.74, 6) is -0.149. The number of piperidine rings is 1. The molecule has 2 amide bonds. The maximum Gasteiger partial charge on any atom is 0.244 e. The Labute approximate surface area is 131 Å². The van der Waals surface area contributed by atoms with E-state index in [1.54, 1.807) is 6.92 Å². The summed E-state index contributed by atoms with van der Waals surface area (Å²) in [6.07, 6.45) is 3.68. The van der Waals surface area contributed by atoms with Gasteiger partial charge in [-0.3, -0.25) is 9.59 Å². The number of carbonyl (C=O) groups excluding carboxylic acids is 2. The van der Waals surface area contributed by atoms with E-state index >= 15 is 0 Å². The van der Waals surface area contributed by atoms with Crippen LogP contribution in [-0.2, 0) is 15.1 Å². The summed E-state index contributed by atoms with van der Waals surface area (Å²) in [6.45, 7) is 3.69. The lowest BCUT2D eigenvalue weighted by Gasteiger charge is -2.27. The molecule has 1 atom stereocenters. The molecule has 120 valence electrons. The molecule has 1 aliphatic rings. The average Bonchev–Trinajstić information content (AvgIpc) is 2.56. The molecule has 0 spiro atoms. The number of amides is 2. The van der Waals surface area contributed by atoms with Gasteiger partial charge in [0.1, 0.15) is 5.54 Å². The summed E-state index contributed by atoms with van der Waals surface area (Å²) in [4.78, 5) is 26.2. The van der Waals surface area contributed by atoms with E-state index in [4.69, 9.17) is 5.73 Å². The van der Waals surface area contributed by atoms with Crippen LogP contribution in [0.2, 0.25) is 0 Å². The summed E-state index contributed by atoms with van der Waals surface area (Å²) in [5.41, 5.74) is 5.81. The molecule has 1 saturated heterocycles. The molecule has 1 fully saturated rings. The minimum atomic E-state index is -1.09. The van der Waals surface area contributed by atoms with Gasteiger partial charge < -0.3 is 16.0 Å². The molecule has 1 aromatic carbocycles. The minimum absolute atomic E-state index is 0.110. The Bertz CT molecular complexity index is 508. The first-order chi connectivity index (χ1) is 10.5. The Hall–Kier alpha value is -1.88. The molecule has 2 rings (SSSR count). The van der Waals surface area contributed by atoms with E-state index in [0.717, 1.165) is 31.5 Å². The summed E-state index contributed by atoms with van der Waals surface area (Å²) >= 11 is 0. The van der Waals surface area contributed by atoms with E-state index in [1.165, 1.54) is 6.42 Å². The third-order valence-electron chi connectivity index (χ3n) is 4.18. The number of hydrogen-bond donors (Lipinski definition) is 2. The first-order valence-electron chi connectivity index (χ1n) is 7.92. The molecule has 0 radical (unpaired) electrons. The predicted octanol–water partition coefficient (Wildman–Crippen LogP) is 1.38. The molecule has 1 heterocycles. The third-order valence-corrected chi connectivity index (χ3v) is 4.18. The van der Waals surface area contributed by atoms with Crippen LogP contribution in [0.3, 0.4) is 0 Å². The van der Waals surface area contributed by atoms with Crippen LogP contribution < -0.4 is 11.1 Å². The highest BCUT2D eigenvalue weighted by Crippen LogP contribution is 2.17. The zero-order valence-electron chi connectivity index (χ0n) is 13.2. The molecule has 3 N–H and O–H groups in total. The third kappa shape index (κ3) is 4.07. The van der Waals surface area contributed by atoms with E-state index in [9.17, 15) is 9.59 Å². The van der Waals surface area contributed by atoms with E-state index in [-0.39, 0.29) is 11.8 Å². The van der Waals surface area contributed by atoms with Crippen LogP contribution in [0.15, 0.2) is 30.3 Å². The van der Waals surface area contributed by atoms with Crippen molar-refractivity contribution in [1.29, 1.82) is 0 Å². The zero-order valence-corrected chi connectivity index (χ0v) is 13.2. The number of nitrogens with one attached hydrogen (secondary N) is 1. The lowest BCUT2D eigenvalue weighted by molar-refractivity contribution is -0.132. The molecule has 5 heteroatoms. The van der Waals surface area contributed by atoms with Crippen molar-refractivity contribution in [2.45, 2.75) is 38.1 Å². The van der Waals surface area contributed by atoms with E-state index < -0.39 is 5.54 Å². The molecule has 1 aromatic rings. The van der Waals surface area contributed by atoms with Gasteiger partial charge in [0.15, 0.2) is 0 Å². The summed E-state index contributed by atoms with van der Waals surface area (Å²) < 4.78 is 0. The molecule has 5 nitrogen and oxygen atoms in total. The van der Waals surface area contributed by atoms with Crippen LogP contribution in [0.1, 0.15) is 38.2 Å². The van der Waals surface area contributed by atoms with Gasteiger partial charge in [0.2, 0.25) is 11.8 Å². The van der Waals surface area contributed by atoms with Gasteiger partial charge in [0.05, 0.1) is 0 Å².